The van der Waals surface area contributed by atoms with E-state index in [9.17, 15) is 14.4 Å². The van der Waals surface area contributed by atoms with Crippen LogP contribution in [0.4, 0.5) is 0 Å². The van der Waals surface area contributed by atoms with Crippen LogP contribution in [-0.4, -0.2) is 30.1 Å². The van der Waals surface area contributed by atoms with Gasteiger partial charge in [0.05, 0.1) is 41.7 Å². The fourth-order valence-electron chi connectivity index (χ4n) is 2.95. The van der Waals surface area contributed by atoms with E-state index in [2.05, 4.69) is 4.98 Å². The minimum Gasteiger partial charge on any atom is -0.466 e. The normalized spacial score (nSPS) is 11.0. The highest BCUT2D eigenvalue weighted by Gasteiger charge is 2.21. The van der Waals surface area contributed by atoms with Crippen LogP contribution in [-0.2, 0) is 27.1 Å². The minimum absolute atomic E-state index is 0.0562. The van der Waals surface area contributed by atoms with Crippen LogP contribution in [0.25, 0.3) is 22.1 Å². The van der Waals surface area contributed by atoms with Gasteiger partial charge in [0, 0.05) is 0 Å². The maximum atomic E-state index is 13.0. The Balaban J connectivity index is 2.25. The second-order valence-electron chi connectivity index (χ2n) is 6.15. The number of nitrogens with zero attached hydrogens (tertiary/aromatic N) is 1. The molecule has 28 heavy (non-hydrogen) atoms. The van der Waals surface area contributed by atoms with E-state index >= 15 is 0 Å². The molecule has 0 aliphatic heterocycles. The Hall–Kier alpha value is -3.22. The van der Waals surface area contributed by atoms with Crippen LogP contribution in [0, 0.1) is 0 Å². The molecule has 7 heteroatoms. The van der Waals surface area contributed by atoms with Crippen LogP contribution in [0.2, 0.25) is 0 Å². The highest BCUT2D eigenvalue weighted by Crippen LogP contribution is 2.22. The molecule has 2 aromatic heterocycles. The number of aryl methyl sites for hydroxylation is 1. The number of carbonyl (C=O) groups excluding carboxylic acids is 2. The lowest BCUT2D eigenvalue weighted by Crippen LogP contribution is -2.16. The zero-order valence-electron chi connectivity index (χ0n) is 16.0. The Morgan fingerprint density at radius 1 is 1.04 bits per heavy atom. The van der Waals surface area contributed by atoms with Crippen molar-refractivity contribution >= 4 is 34.0 Å². The molecule has 2 heterocycles. The predicted octanol–water partition coefficient (Wildman–Crippen LogP) is 3.19. The fraction of sp³-hybridized carbons (Fsp3) is 0.333. The van der Waals surface area contributed by atoms with Crippen molar-refractivity contribution in [3.8, 4) is 0 Å². The van der Waals surface area contributed by atoms with Crippen molar-refractivity contribution in [1.29, 1.82) is 0 Å². The summed E-state index contributed by atoms with van der Waals surface area (Å²) in [5, 5.41) is 0.581. The lowest BCUT2D eigenvalue weighted by Gasteiger charge is -2.10. The third-order valence-electron chi connectivity index (χ3n) is 4.33. The fourth-order valence-corrected chi connectivity index (χ4v) is 2.95. The molecule has 0 N–H and O–H groups in total. The molecule has 0 atom stereocenters. The molecule has 146 valence electrons. The summed E-state index contributed by atoms with van der Waals surface area (Å²) in [6, 6.07) is 6.76. The largest absolute Gasteiger partial charge is 0.466 e. The molecule has 0 fully saturated rings. The van der Waals surface area contributed by atoms with Crippen LogP contribution in [0.3, 0.4) is 0 Å². The zero-order chi connectivity index (χ0) is 20.3. The number of hydrogen-bond acceptors (Lipinski definition) is 7. The number of rotatable bonds is 6. The molecule has 0 aliphatic carbocycles. The molecular weight excluding hydrogens is 362 g/mol. The Morgan fingerprint density at radius 2 is 1.79 bits per heavy atom. The van der Waals surface area contributed by atoms with E-state index in [0.29, 0.717) is 11.0 Å². The van der Waals surface area contributed by atoms with Crippen molar-refractivity contribution in [2.45, 2.75) is 33.6 Å². The van der Waals surface area contributed by atoms with Crippen molar-refractivity contribution < 1.29 is 23.5 Å². The van der Waals surface area contributed by atoms with Gasteiger partial charge in [-0.3, -0.25) is 9.59 Å². The maximum absolute atomic E-state index is 13.0. The van der Waals surface area contributed by atoms with E-state index in [1.54, 1.807) is 26.0 Å². The topological polar surface area (TPSA) is 95.7 Å². The van der Waals surface area contributed by atoms with Gasteiger partial charge < -0.3 is 13.9 Å². The molecule has 0 amide bonds. The quantitative estimate of drug-likeness (QED) is 0.476. The van der Waals surface area contributed by atoms with Crippen LogP contribution in [0.5, 0.6) is 0 Å². The van der Waals surface area contributed by atoms with Crippen molar-refractivity contribution in [2.75, 3.05) is 13.2 Å². The molecule has 0 bridgehead atoms. The Bertz CT molecular complexity index is 1120. The van der Waals surface area contributed by atoms with Gasteiger partial charge in [0.15, 0.2) is 0 Å². The van der Waals surface area contributed by atoms with Gasteiger partial charge in [-0.2, -0.15) is 0 Å². The lowest BCUT2D eigenvalue weighted by molar-refractivity contribution is -0.142. The summed E-state index contributed by atoms with van der Waals surface area (Å²) in [4.78, 5) is 41.6. The first-order chi connectivity index (χ1) is 13.5. The Labute approximate surface area is 161 Å². The van der Waals surface area contributed by atoms with Crippen LogP contribution >= 0.6 is 0 Å². The van der Waals surface area contributed by atoms with Crippen LogP contribution in [0.15, 0.2) is 33.5 Å². The molecular formula is C21H21NO6. The number of ether oxygens (including phenoxy) is 2. The predicted molar refractivity (Wildman–Crippen MR) is 103 cm³/mol. The van der Waals surface area contributed by atoms with Crippen molar-refractivity contribution in [1.82, 2.24) is 4.98 Å². The SMILES string of the molecule is CCOC(=O)Cc1nc2oc3ccc(CC)cc3c(=O)c2cc1C(=O)OCC. The van der Waals surface area contributed by atoms with E-state index in [1.807, 2.05) is 13.0 Å². The van der Waals surface area contributed by atoms with Gasteiger partial charge in [0.1, 0.15) is 5.58 Å². The summed E-state index contributed by atoms with van der Waals surface area (Å²) in [5.41, 5.74) is 1.38. The number of carbonyl (C=O) groups is 2. The van der Waals surface area contributed by atoms with E-state index in [1.165, 1.54) is 6.07 Å². The third-order valence-corrected chi connectivity index (χ3v) is 4.33. The van der Waals surface area contributed by atoms with E-state index in [0.717, 1.165) is 12.0 Å². The summed E-state index contributed by atoms with van der Waals surface area (Å²) >= 11 is 0. The second-order valence-corrected chi connectivity index (χ2v) is 6.15. The van der Waals surface area contributed by atoms with Crippen LogP contribution in [0.1, 0.15) is 42.4 Å². The number of esters is 2. The summed E-state index contributed by atoms with van der Waals surface area (Å²) < 4.78 is 15.8. The number of fused-ring (bicyclic) bond motifs is 2. The van der Waals surface area contributed by atoms with E-state index < -0.39 is 11.9 Å². The molecule has 0 aliphatic rings. The summed E-state index contributed by atoms with van der Waals surface area (Å²) in [6.07, 6.45) is 0.548. The maximum Gasteiger partial charge on any atom is 0.340 e. The average molecular weight is 383 g/mol. The third kappa shape index (κ3) is 3.74. The van der Waals surface area contributed by atoms with Gasteiger partial charge in [-0.15, -0.1) is 0 Å². The highest BCUT2D eigenvalue weighted by atomic mass is 16.5. The van der Waals surface area contributed by atoms with Gasteiger partial charge in [-0.1, -0.05) is 13.0 Å². The number of hydrogen-bond donors (Lipinski definition) is 0. The van der Waals surface area contributed by atoms with Crippen molar-refractivity contribution in [3.63, 3.8) is 0 Å². The molecule has 3 aromatic rings. The molecule has 0 saturated heterocycles. The number of benzene rings is 1. The van der Waals surface area contributed by atoms with Gasteiger partial charge in [0.25, 0.3) is 0 Å². The van der Waals surface area contributed by atoms with Gasteiger partial charge >= 0.3 is 11.9 Å². The number of aromatic nitrogens is 1. The second kappa shape index (κ2) is 8.21. The first-order valence-electron chi connectivity index (χ1n) is 9.20. The molecule has 7 nitrogen and oxygen atoms in total. The minimum atomic E-state index is -0.655. The molecule has 0 saturated carbocycles. The molecule has 0 spiro atoms. The van der Waals surface area contributed by atoms with Crippen molar-refractivity contribution in [2.24, 2.45) is 0 Å². The smallest absolute Gasteiger partial charge is 0.340 e. The standard InChI is InChI=1S/C21H21NO6/c1-4-12-7-8-17-14(9-12)19(24)15-10-13(21(25)27-6-3)16(22-20(15)28-17)11-18(23)26-5-2/h7-10H,4-6,11H2,1-3H3. The molecule has 3 rings (SSSR count). The number of pyridine rings is 1. The molecule has 1 aromatic carbocycles. The van der Waals surface area contributed by atoms with E-state index in [-0.39, 0.29) is 47.4 Å². The van der Waals surface area contributed by atoms with Gasteiger partial charge in [-0.05, 0) is 44.0 Å². The first-order valence-corrected chi connectivity index (χ1v) is 9.20. The Morgan fingerprint density at radius 3 is 2.46 bits per heavy atom. The summed E-state index contributed by atoms with van der Waals surface area (Å²) in [7, 11) is 0. The van der Waals surface area contributed by atoms with E-state index in [4.69, 9.17) is 13.9 Å². The monoisotopic (exact) mass is 383 g/mol. The zero-order valence-corrected chi connectivity index (χ0v) is 16.0. The average Bonchev–Trinajstić information content (AvgIpc) is 2.68. The summed E-state index contributed by atoms with van der Waals surface area (Å²) in [6.45, 7) is 5.72. The lowest BCUT2D eigenvalue weighted by atomic mass is 10.1. The molecule has 0 radical (unpaired) electrons. The first kappa shape index (κ1) is 19.5. The highest BCUT2D eigenvalue weighted by molar-refractivity contribution is 5.97. The van der Waals surface area contributed by atoms with Gasteiger partial charge in [-0.25, -0.2) is 9.78 Å². The van der Waals surface area contributed by atoms with Crippen molar-refractivity contribution in [3.05, 3.63) is 51.3 Å². The Kier molecular flexibility index (Phi) is 5.73. The molecule has 0 unspecified atom stereocenters. The van der Waals surface area contributed by atoms with Crippen LogP contribution < -0.4 is 5.43 Å². The van der Waals surface area contributed by atoms with Gasteiger partial charge in [0.2, 0.25) is 11.1 Å². The summed E-state index contributed by atoms with van der Waals surface area (Å²) in [5.74, 6) is -1.19.